The molecule has 3 aromatic carbocycles. The molecule has 1 atom stereocenters. The van der Waals surface area contributed by atoms with E-state index in [4.69, 9.17) is 11.6 Å². The number of nitrogens with one attached hydrogen (secondary N) is 1. The van der Waals surface area contributed by atoms with Crippen LogP contribution in [-0.2, 0) is 5.60 Å². The number of aliphatic hydroxyl groups is 1. The minimum Gasteiger partial charge on any atom is -0.386 e. The van der Waals surface area contributed by atoms with Gasteiger partial charge >= 0.3 is 0 Å². The summed E-state index contributed by atoms with van der Waals surface area (Å²) < 4.78 is 58.6. The third-order valence-corrected chi connectivity index (χ3v) is 5.89. The van der Waals surface area contributed by atoms with Crippen molar-refractivity contribution in [3.05, 3.63) is 94.1 Å². The summed E-state index contributed by atoms with van der Waals surface area (Å²) in [6, 6.07) is 10.2. The molecule has 0 saturated heterocycles. The van der Waals surface area contributed by atoms with Crippen molar-refractivity contribution in [1.29, 1.82) is 0 Å². The van der Waals surface area contributed by atoms with Gasteiger partial charge in [-0.2, -0.15) is 0 Å². The summed E-state index contributed by atoms with van der Waals surface area (Å²) in [4.78, 5) is 4.15. The summed E-state index contributed by atoms with van der Waals surface area (Å²) in [6.45, 7) is 4.26. The minimum absolute atomic E-state index is 0.0597. The molecule has 0 radical (unpaired) electrons. The first-order chi connectivity index (χ1) is 16.0. The number of rotatable bonds is 5. The molecule has 2 N–H and O–H groups in total. The van der Waals surface area contributed by atoms with Gasteiger partial charge in [0.2, 0.25) is 0 Å². The Kier molecular flexibility index (Phi) is 6.27. The Morgan fingerprint density at radius 2 is 1.59 bits per heavy atom. The van der Waals surface area contributed by atoms with Gasteiger partial charge in [-0.05, 0) is 50.6 Å². The van der Waals surface area contributed by atoms with Crippen LogP contribution in [0.4, 0.5) is 23.2 Å². The predicted octanol–water partition coefficient (Wildman–Crippen LogP) is 7.51. The van der Waals surface area contributed by atoms with Crippen LogP contribution in [0.25, 0.3) is 22.0 Å². The SMILES string of the molecule is CC(Nc1c(Cl)cnc2cc(F)c(-c3cc(F)c(C(C)(C)O)c(F)c3)cc12)c1ccccc1F. The second-order valence-electron chi connectivity index (χ2n) is 8.59. The maximum Gasteiger partial charge on any atom is 0.133 e. The fourth-order valence-corrected chi connectivity index (χ4v) is 4.20. The largest absolute Gasteiger partial charge is 0.386 e. The van der Waals surface area contributed by atoms with Crippen molar-refractivity contribution < 1.29 is 22.7 Å². The van der Waals surface area contributed by atoms with Crippen molar-refractivity contribution in [3.63, 3.8) is 0 Å². The molecule has 0 aliphatic rings. The molecule has 0 saturated carbocycles. The second kappa shape index (κ2) is 8.89. The van der Waals surface area contributed by atoms with Gasteiger partial charge in [0, 0.05) is 28.8 Å². The van der Waals surface area contributed by atoms with Gasteiger partial charge in [0.15, 0.2) is 0 Å². The lowest BCUT2D eigenvalue weighted by Gasteiger charge is -2.21. The zero-order valence-corrected chi connectivity index (χ0v) is 19.3. The first-order valence-corrected chi connectivity index (χ1v) is 10.9. The lowest BCUT2D eigenvalue weighted by Crippen LogP contribution is -2.20. The van der Waals surface area contributed by atoms with E-state index in [1.165, 1.54) is 32.2 Å². The maximum atomic E-state index is 15.0. The van der Waals surface area contributed by atoms with Gasteiger partial charge in [-0.3, -0.25) is 4.98 Å². The fourth-order valence-electron chi connectivity index (χ4n) is 3.99. The molecular formula is C26H21ClF4N2O. The molecule has 0 aliphatic heterocycles. The Bertz CT molecular complexity index is 1380. The maximum absolute atomic E-state index is 15.0. The van der Waals surface area contributed by atoms with E-state index in [1.807, 2.05) is 0 Å². The molecule has 1 aromatic heterocycles. The van der Waals surface area contributed by atoms with Crippen molar-refractivity contribution in [2.75, 3.05) is 5.32 Å². The monoisotopic (exact) mass is 488 g/mol. The van der Waals surface area contributed by atoms with Crippen LogP contribution in [0, 0.1) is 23.3 Å². The Morgan fingerprint density at radius 1 is 0.941 bits per heavy atom. The van der Waals surface area contributed by atoms with Crippen molar-refractivity contribution in [3.8, 4) is 11.1 Å². The quantitative estimate of drug-likeness (QED) is 0.286. The standard InChI is InChI=1S/C26H21ClF4N2O/c1-13(15-6-4-5-7-19(15)28)33-25-17-10-16(20(29)11-23(17)32-12-18(25)27)14-8-21(30)24(22(31)9-14)26(2,3)34/h4-13,34H,1-3H3,(H,32,33). The van der Waals surface area contributed by atoms with E-state index in [9.17, 15) is 22.7 Å². The first kappa shape index (κ1) is 24.0. The van der Waals surface area contributed by atoms with E-state index in [-0.39, 0.29) is 21.7 Å². The molecule has 4 aromatic rings. The smallest absolute Gasteiger partial charge is 0.133 e. The number of pyridine rings is 1. The zero-order chi connectivity index (χ0) is 24.8. The number of aromatic nitrogens is 1. The molecule has 1 heterocycles. The highest BCUT2D eigenvalue weighted by atomic mass is 35.5. The summed E-state index contributed by atoms with van der Waals surface area (Å²) in [5.74, 6) is -3.15. The van der Waals surface area contributed by atoms with E-state index >= 15 is 0 Å². The van der Waals surface area contributed by atoms with Crippen molar-refractivity contribution >= 4 is 28.2 Å². The summed E-state index contributed by atoms with van der Waals surface area (Å²) >= 11 is 6.37. The number of fused-ring (bicyclic) bond motifs is 1. The van der Waals surface area contributed by atoms with Gasteiger partial charge in [0.05, 0.1) is 33.4 Å². The molecule has 0 fully saturated rings. The van der Waals surface area contributed by atoms with Crippen molar-refractivity contribution in [1.82, 2.24) is 4.98 Å². The summed E-state index contributed by atoms with van der Waals surface area (Å²) in [6.07, 6.45) is 1.34. The van der Waals surface area contributed by atoms with E-state index < -0.39 is 40.5 Å². The van der Waals surface area contributed by atoms with Crippen LogP contribution in [0.15, 0.2) is 54.7 Å². The molecule has 176 valence electrons. The van der Waals surface area contributed by atoms with Gasteiger partial charge in [-0.1, -0.05) is 29.8 Å². The normalized spacial score (nSPS) is 12.7. The Balaban J connectivity index is 1.85. The average Bonchev–Trinajstić information content (AvgIpc) is 2.74. The molecular weight excluding hydrogens is 468 g/mol. The number of hydrogen-bond donors (Lipinski definition) is 2. The molecule has 4 rings (SSSR count). The second-order valence-corrected chi connectivity index (χ2v) is 9.00. The van der Waals surface area contributed by atoms with Crippen LogP contribution in [0.3, 0.4) is 0 Å². The van der Waals surface area contributed by atoms with Gasteiger partial charge in [0.25, 0.3) is 0 Å². The molecule has 0 amide bonds. The predicted molar refractivity (Wildman–Crippen MR) is 126 cm³/mol. The highest BCUT2D eigenvalue weighted by Crippen LogP contribution is 2.38. The van der Waals surface area contributed by atoms with Crippen molar-refractivity contribution in [2.24, 2.45) is 0 Å². The Hall–Kier alpha value is -3.16. The van der Waals surface area contributed by atoms with E-state index in [1.54, 1.807) is 25.1 Å². The van der Waals surface area contributed by atoms with E-state index in [2.05, 4.69) is 10.3 Å². The first-order valence-electron chi connectivity index (χ1n) is 10.5. The topological polar surface area (TPSA) is 45.2 Å². The number of halogens is 5. The third kappa shape index (κ3) is 4.45. The van der Waals surface area contributed by atoms with Gasteiger partial charge < -0.3 is 10.4 Å². The molecule has 0 bridgehead atoms. The summed E-state index contributed by atoms with van der Waals surface area (Å²) in [7, 11) is 0. The highest BCUT2D eigenvalue weighted by Gasteiger charge is 2.26. The lowest BCUT2D eigenvalue weighted by atomic mass is 9.93. The molecule has 0 spiro atoms. The van der Waals surface area contributed by atoms with Crippen LogP contribution in [0.2, 0.25) is 5.02 Å². The van der Waals surface area contributed by atoms with E-state index in [0.29, 0.717) is 16.6 Å². The number of nitrogens with zero attached hydrogens (tertiary/aromatic N) is 1. The number of benzene rings is 3. The minimum atomic E-state index is -1.76. The van der Waals surface area contributed by atoms with Crippen LogP contribution in [0.5, 0.6) is 0 Å². The van der Waals surface area contributed by atoms with Gasteiger partial charge in [-0.15, -0.1) is 0 Å². The number of anilines is 1. The van der Waals surface area contributed by atoms with Crippen molar-refractivity contribution in [2.45, 2.75) is 32.4 Å². The molecule has 1 unspecified atom stereocenters. The van der Waals surface area contributed by atoms with Crippen LogP contribution < -0.4 is 5.32 Å². The fraction of sp³-hybridized carbons (Fsp3) is 0.192. The van der Waals surface area contributed by atoms with Crippen LogP contribution in [-0.4, -0.2) is 10.1 Å². The molecule has 34 heavy (non-hydrogen) atoms. The van der Waals surface area contributed by atoms with Gasteiger partial charge in [0.1, 0.15) is 23.3 Å². The number of hydrogen-bond acceptors (Lipinski definition) is 3. The molecule has 0 aliphatic carbocycles. The Labute approximate surface area is 199 Å². The van der Waals surface area contributed by atoms with E-state index in [0.717, 1.165) is 18.2 Å². The van der Waals surface area contributed by atoms with Gasteiger partial charge in [-0.25, -0.2) is 17.6 Å². The Morgan fingerprint density at radius 3 is 2.21 bits per heavy atom. The van der Waals surface area contributed by atoms with Crippen LogP contribution in [0.1, 0.15) is 37.9 Å². The third-order valence-electron chi connectivity index (χ3n) is 5.61. The zero-order valence-electron chi connectivity index (χ0n) is 18.6. The molecule has 8 heteroatoms. The average molecular weight is 489 g/mol. The lowest BCUT2D eigenvalue weighted by molar-refractivity contribution is 0.0703. The summed E-state index contributed by atoms with van der Waals surface area (Å²) in [5.41, 5.74) is -1.39. The highest BCUT2D eigenvalue weighted by molar-refractivity contribution is 6.34. The molecule has 3 nitrogen and oxygen atoms in total. The summed E-state index contributed by atoms with van der Waals surface area (Å²) in [5, 5.41) is 13.8. The van der Waals surface area contributed by atoms with Crippen LogP contribution >= 0.6 is 11.6 Å².